The molecule has 2 rings (SSSR count). The van der Waals surface area contributed by atoms with E-state index in [4.69, 9.17) is 4.74 Å². The maximum Gasteiger partial charge on any atom is 0.248 e. The number of anilines is 1. The molecule has 0 aliphatic heterocycles. The van der Waals surface area contributed by atoms with Crippen LogP contribution in [-0.4, -0.2) is 12.5 Å². The zero-order valence-electron chi connectivity index (χ0n) is 10.9. The fraction of sp³-hybridized carbons (Fsp3) is 0.133. The number of rotatable bonds is 5. The monoisotopic (exact) mass is 351 g/mol. The molecule has 0 radical (unpaired) electrons. The molecule has 0 unspecified atom stereocenters. The van der Waals surface area contributed by atoms with Crippen molar-refractivity contribution in [1.82, 2.24) is 0 Å². The molecule has 0 aliphatic carbocycles. The van der Waals surface area contributed by atoms with E-state index in [1.54, 1.807) is 17.4 Å². The van der Waals surface area contributed by atoms with E-state index in [1.165, 1.54) is 6.08 Å². The number of hydrogen-bond acceptors (Lipinski definition) is 3. The lowest BCUT2D eigenvalue weighted by Crippen LogP contribution is -2.07. The molecule has 0 spiro atoms. The smallest absolute Gasteiger partial charge is 0.248 e. The molecule has 1 amide bonds. The predicted octanol–water partition coefficient (Wildman–Crippen LogP) is 4.56. The van der Waals surface area contributed by atoms with Gasteiger partial charge in [0.2, 0.25) is 5.91 Å². The number of ether oxygens (including phenoxy) is 1. The Hall–Kier alpha value is -1.59. The molecule has 0 atom stereocenters. The quantitative estimate of drug-likeness (QED) is 0.801. The van der Waals surface area contributed by atoms with E-state index >= 15 is 0 Å². The molecule has 1 aromatic carbocycles. The third-order valence-corrected chi connectivity index (χ3v) is 4.08. The predicted molar refractivity (Wildman–Crippen MR) is 87.3 cm³/mol. The first-order valence-corrected chi connectivity index (χ1v) is 7.80. The second kappa shape index (κ2) is 7.26. The lowest BCUT2D eigenvalue weighted by atomic mass is 10.3. The van der Waals surface area contributed by atoms with Gasteiger partial charge in [0.1, 0.15) is 5.75 Å². The van der Waals surface area contributed by atoms with Gasteiger partial charge in [-0.15, -0.1) is 11.3 Å². The van der Waals surface area contributed by atoms with Crippen LogP contribution in [-0.2, 0) is 4.79 Å². The zero-order chi connectivity index (χ0) is 14.4. The molecule has 1 N–H and O–H groups in total. The van der Waals surface area contributed by atoms with E-state index in [9.17, 15) is 4.79 Å². The van der Waals surface area contributed by atoms with E-state index in [-0.39, 0.29) is 5.91 Å². The summed E-state index contributed by atoms with van der Waals surface area (Å²) in [6, 6.07) is 9.26. The molecule has 0 saturated heterocycles. The van der Waals surface area contributed by atoms with Crippen molar-refractivity contribution in [1.29, 1.82) is 0 Å². The van der Waals surface area contributed by atoms with Gasteiger partial charge in [0.25, 0.3) is 0 Å². The first-order chi connectivity index (χ1) is 9.67. The number of nitrogens with one attached hydrogen (secondary N) is 1. The van der Waals surface area contributed by atoms with Gasteiger partial charge in [-0.3, -0.25) is 4.79 Å². The molecule has 3 nitrogen and oxygen atoms in total. The maximum absolute atomic E-state index is 11.8. The zero-order valence-corrected chi connectivity index (χ0v) is 13.3. The van der Waals surface area contributed by atoms with E-state index in [0.717, 1.165) is 20.8 Å². The van der Waals surface area contributed by atoms with Crippen molar-refractivity contribution in [3.8, 4) is 5.75 Å². The standard InChI is InChI=1S/C15H14BrNO2S/c1-2-19-13-5-3-12(4-6-13)17-15(18)8-7-14-9-11(16)10-20-14/h3-10H,2H2,1H3,(H,17,18)/b8-7+. The minimum Gasteiger partial charge on any atom is -0.494 e. The number of benzene rings is 1. The topological polar surface area (TPSA) is 38.3 Å². The molecule has 104 valence electrons. The van der Waals surface area contributed by atoms with Crippen molar-refractivity contribution >= 4 is 44.9 Å². The summed E-state index contributed by atoms with van der Waals surface area (Å²) in [7, 11) is 0. The normalized spacial score (nSPS) is 10.7. The van der Waals surface area contributed by atoms with Crippen molar-refractivity contribution in [3.63, 3.8) is 0 Å². The van der Waals surface area contributed by atoms with Crippen LogP contribution in [0.3, 0.4) is 0 Å². The van der Waals surface area contributed by atoms with Gasteiger partial charge >= 0.3 is 0 Å². The van der Waals surface area contributed by atoms with Gasteiger partial charge in [-0.25, -0.2) is 0 Å². The highest BCUT2D eigenvalue weighted by atomic mass is 79.9. The fourth-order valence-electron chi connectivity index (χ4n) is 1.56. The van der Waals surface area contributed by atoms with Gasteiger partial charge in [0.05, 0.1) is 6.61 Å². The molecule has 5 heteroatoms. The van der Waals surface area contributed by atoms with Gasteiger partial charge < -0.3 is 10.1 Å². The van der Waals surface area contributed by atoms with Gasteiger partial charge in [0.15, 0.2) is 0 Å². The second-order valence-corrected chi connectivity index (χ2v) is 5.81. The van der Waals surface area contributed by atoms with Crippen LogP contribution in [0.25, 0.3) is 6.08 Å². The Morgan fingerprint density at radius 1 is 1.40 bits per heavy atom. The van der Waals surface area contributed by atoms with E-state index in [2.05, 4.69) is 21.2 Å². The largest absolute Gasteiger partial charge is 0.494 e. The Bertz CT molecular complexity index is 605. The second-order valence-electron chi connectivity index (χ2n) is 3.95. The van der Waals surface area contributed by atoms with Crippen LogP contribution >= 0.6 is 27.3 Å². The molecule has 0 saturated carbocycles. The third kappa shape index (κ3) is 4.51. The van der Waals surface area contributed by atoms with Crippen LogP contribution in [0.5, 0.6) is 5.75 Å². The number of carbonyl (C=O) groups is 1. The summed E-state index contributed by atoms with van der Waals surface area (Å²) in [4.78, 5) is 12.8. The number of thiophene rings is 1. The lowest BCUT2D eigenvalue weighted by molar-refractivity contribution is -0.111. The van der Waals surface area contributed by atoms with Gasteiger partial charge in [-0.1, -0.05) is 0 Å². The summed E-state index contributed by atoms with van der Waals surface area (Å²) >= 11 is 4.95. The molecule has 0 bridgehead atoms. The van der Waals surface area contributed by atoms with Crippen LogP contribution in [0.1, 0.15) is 11.8 Å². The van der Waals surface area contributed by atoms with E-state index < -0.39 is 0 Å². The van der Waals surface area contributed by atoms with Crippen molar-refractivity contribution in [2.45, 2.75) is 6.92 Å². The number of hydrogen-bond donors (Lipinski definition) is 1. The van der Waals surface area contributed by atoms with Crippen molar-refractivity contribution in [2.24, 2.45) is 0 Å². The Kier molecular flexibility index (Phi) is 5.38. The summed E-state index contributed by atoms with van der Waals surface area (Å²) in [6.07, 6.45) is 3.31. The molecule has 0 aliphatic rings. The average molecular weight is 352 g/mol. The fourth-order valence-corrected chi connectivity index (χ4v) is 2.90. The molecule has 0 fully saturated rings. The van der Waals surface area contributed by atoms with E-state index in [1.807, 2.05) is 42.6 Å². The summed E-state index contributed by atoms with van der Waals surface area (Å²) in [5.74, 6) is 0.642. The molecule has 2 aromatic rings. The number of carbonyl (C=O) groups excluding carboxylic acids is 1. The minimum absolute atomic E-state index is 0.154. The van der Waals surface area contributed by atoms with E-state index in [0.29, 0.717) is 6.61 Å². The molecular weight excluding hydrogens is 338 g/mol. The van der Waals surface area contributed by atoms with Crippen LogP contribution < -0.4 is 10.1 Å². The highest BCUT2D eigenvalue weighted by Crippen LogP contribution is 2.21. The average Bonchev–Trinajstić information content (AvgIpc) is 2.85. The van der Waals surface area contributed by atoms with Crippen molar-refractivity contribution in [2.75, 3.05) is 11.9 Å². The third-order valence-electron chi connectivity index (χ3n) is 2.42. The van der Waals surface area contributed by atoms with Crippen LogP contribution in [0.15, 0.2) is 46.3 Å². The lowest BCUT2D eigenvalue weighted by Gasteiger charge is -2.05. The Morgan fingerprint density at radius 3 is 2.75 bits per heavy atom. The number of amides is 1. The van der Waals surface area contributed by atoms with Crippen LogP contribution in [0.2, 0.25) is 0 Å². The minimum atomic E-state index is -0.154. The summed E-state index contributed by atoms with van der Waals surface area (Å²) < 4.78 is 6.37. The van der Waals surface area contributed by atoms with Crippen molar-refractivity contribution in [3.05, 3.63) is 51.1 Å². The Balaban J connectivity index is 1.92. The van der Waals surface area contributed by atoms with Gasteiger partial charge in [0, 0.05) is 26.5 Å². The van der Waals surface area contributed by atoms with Gasteiger partial charge in [-0.05, 0) is 59.3 Å². The Morgan fingerprint density at radius 2 is 2.15 bits per heavy atom. The molecule has 20 heavy (non-hydrogen) atoms. The van der Waals surface area contributed by atoms with Crippen molar-refractivity contribution < 1.29 is 9.53 Å². The molecule has 1 aromatic heterocycles. The molecular formula is C15H14BrNO2S. The first kappa shape index (κ1) is 14.8. The van der Waals surface area contributed by atoms with Gasteiger partial charge in [-0.2, -0.15) is 0 Å². The SMILES string of the molecule is CCOc1ccc(NC(=O)/C=C/c2cc(Br)cs2)cc1. The Labute approximate surface area is 130 Å². The maximum atomic E-state index is 11.8. The number of halogens is 1. The summed E-state index contributed by atoms with van der Waals surface area (Å²) in [5.41, 5.74) is 0.746. The molecule has 1 heterocycles. The first-order valence-electron chi connectivity index (χ1n) is 6.13. The van der Waals surface area contributed by atoms with Crippen LogP contribution in [0.4, 0.5) is 5.69 Å². The highest BCUT2D eigenvalue weighted by molar-refractivity contribution is 9.10. The summed E-state index contributed by atoms with van der Waals surface area (Å²) in [5, 5.41) is 4.78. The van der Waals surface area contributed by atoms with Crippen LogP contribution in [0, 0.1) is 0 Å². The highest BCUT2D eigenvalue weighted by Gasteiger charge is 1.99. The summed E-state index contributed by atoms with van der Waals surface area (Å²) in [6.45, 7) is 2.56.